The molecule has 0 atom stereocenters. The molecule has 1 aromatic rings. The van der Waals surface area contributed by atoms with Gasteiger partial charge in [0.1, 0.15) is 4.88 Å². The molecule has 1 saturated carbocycles. The molecule has 1 aromatic heterocycles. The molecular weight excluding hydrogens is 324 g/mol. The smallest absolute Gasteiger partial charge is 0.350 e. The molecule has 0 aromatic carbocycles. The first-order chi connectivity index (χ1) is 11.6. The quantitative estimate of drug-likeness (QED) is 0.737. The zero-order chi connectivity index (χ0) is 17.5. The van der Waals surface area contributed by atoms with Gasteiger partial charge in [-0.3, -0.25) is 4.79 Å². The molecule has 0 aliphatic heterocycles. The van der Waals surface area contributed by atoms with Crippen LogP contribution in [0.3, 0.4) is 0 Å². The van der Waals surface area contributed by atoms with Crippen LogP contribution < -0.4 is 5.32 Å². The minimum atomic E-state index is -0.388. The van der Waals surface area contributed by atoms with Crippen molar-refractivity contribution in [2.24, 2.45) is 11.8 Å². The number of amides is 1. The highest BCUT2D eigenvalue weighted by molar-refractivity contribution is 7.17. The maximum atomic E-state index is 12.5. The Labute approximate surface area is 148 Å². The van der Waals surface area contributed by atoms with Gasteiger partial charge in [0.2, 0.25) is 5.91 Å². The third-order valence-corrected chi connectivity index (χ3v) is 5.81. The van der Waals surface area contributed by atoms with Crippen molar-refractivity contribution in [1.29, 1.82) is 0 Å². The summed E-state index contributed by atoms with van der Waals surface area (Å²) in [6, 6.07) is 0. The van der Waals surface area contributed by atoms with Crippen molar-refractivity contribution in [2.45, 2.75) is 65.2 Å². The van der Waals surface area contributed by atoms with E-state index >= 15 is 0 Å². The van der Waals surface area contributed by atoms with Crippen LogP contribution in [0.5, 0.6) is 0 Å². The summed E-state index contributed by atoms with van der Waals surface area (Å²) in [6.45, 7) is 4.16. The standard InChI is InChI=1S/C18H28N2O3S/c1-4-6-7-12-8-10-13(11-9-12)16(21)20-18-19-14(5-2)15(24-18)17(22)23-3/h12-13H,4-11H2,1-3H3,(H,19,20,21). The molecule has 1 amide bonds. The van der Waals surface area contributed by atoms with Crippen molar-refractivity contribution >= 4 is 28.3 Å². The Morgan fingerprint density at radius 3 is 2.54 bits per heavy atom. The van der Waals surface area contributed by atoms with Gasteiger partial charge < -0.3 is 10.1 Å². The number of methoxy groups -OCH3 is 1. The summed E-state index contributed by atoms with van der Waals surface area (Å²) >= 11 is 1.20. The highest BCUT2D eigenvalue weighted by atomic mass is 32.1. The fourth-order valence-corrected chi connectivity index (χ4v) is 4.29. The van der Waals surface area contributed by atoms with Crippen LogP contribution in [0.2, 0.25) is 0 Å². The molecule has 1 aliphatic rings. The van der Waals surface area contributed by atoms with Crippen LogP contribution in [0.1, 0.15) is 74.2 Å². The van der Waals surface area contributed by atoms with Gasteiger partial charge in [-0.2, -0.15) is 0 Å². The van der Waals surface area contributed by atoms with E-state index in [1.165, 1.54) is 37.7 Å². The zero-order valence-corrected chi connectivity index (χ0v) is 15.7. The van der Waals surface area contributed by atoms with Crippen LogP contribution in [0.4, 0.5) is 5.13 Å². The second-order valence-corrected chi connectivity index (χ2v) is 7.49. The summed E-state index contributed by atoms with van der Waals surface area (Å²) in [4.78, 5) is 29.1. The summed E-state index contributed by atoms with van der Waals surface area (Å²) in [5.74, 6) is 0.503. The van der Waals surface area contributed by atoms with E-state index in [0.29, 0.717) is 22.1 Å². The van der Waals surface area contributed by atoms with E-state index in [1.54, 1.807) is 0 Å². The minimum absolute atomic E-state index is 0.0387. The number of hydrogen-bond acceptors (Lipinski definition) is 5. The van der Waals surface area contributed by atoms with Crippen molar-refractivity contribution in [3.63, 3.8) is 0 Å². The molecule has 134 valence electrons. The lowest BCUT2D eigenvalue weighted by Gasteiger charge is -2.27. The van der Waals surface area contributed by atoms with E-state index in [4.69, 9.17) is 4.74 Å². The zero-order valence-electron chi connectivity index (χ0n) is 14.9. The second-order valence-electron chi connectivity index (χ2n) is 6.49. The van der Waals surface area contributed by atoms with Crippen LogP contribution in [0.25, 0.3) is 0 Å². The second kappa shape index (κ2) is 9.16. The van der Waals surface area contributed by atoms with E-state index in [-0.39, 0.29) is 17.8 Å². The Hall–Kier alpha value is -1.43. The van der Waals surface area contributed by atoms with Gasteiger partial charge >= 0.3 is 5.97 Å². The molecule has 1 heterocycles. The average molecular weight is 353 g/mol. The van der Waals surface area contributed by atoms with Gasteiger partial charge in [0, 0.05) is 5.92 Å². The van der Waals surface area contributed by atoms with Crippen molar-refractivity contribution in [1.82, 2.24) is 4.98 Å². The van der Waals surface area contributed by atoms with Gasteiger partial charge in [-0.25, -0.2) is 9.78 Å². The fourth-order valence-electron chi connectivity index (χ4n) is 3.31. The van der Waals surface area contributed by atoms with E-state index in [9.17, 15) is 9.59 Å². The molecule has 0 bridgehead atoms. The number of anilines is 1. The molecule has 1 aliphatic carbocycles. The number of aryl methyl sites for hydroxylation is 1. The highest BCUT2D eigenvalue weighted by Crippen LogP contribution is 2.33. The lowest BCUT2D eigenvalue weighted by molar-refractivity contribution is -0.121. The molecule has 0 unspecified atom stereocenters. The first-order valence-corrected chi connectivity index (χ1v) is 9.79. The summed E-state index contributed by atoms with van der Waals surface area (Å²) in [6.07, 6.45) is 8.65. The number of thiazole rings is 1. The number of unbranched alkanes of at least 4 members (excludes halogenated alkanes) is 1. The first kappa shape index (κ1) is 18.9. The van der Waals surface area contributed by atoms with Gasteiger partial charge in [0.15, 0.2) is 5.13 Å². The molecule has 1 fully saturated rings. The molecule has 1 N–H and O–H groups in total. The molecule has 0 spiro atoms. The van der Waals surface area contributed by atoms with Crippen molar-refractivity contribution < 1.29 is 14.3 Å². The van der Waals surface area contributed by atoms with E-state index in [2.05, 4.69) is 17.2 Å². The van der Waals surface area contributed by atoms with Crippen molar-refractivity contribution in [3.05, 3.63) is 10.6 Å². The topological polar surface area (TPSA) is 68.3 Å². The van der Waals surface area contributed by atoms with Crippen molar-refractivity contribution in [2.75, 3.05) is 12.4 Å². The monoisotopic (exact) mass is 352 g/mol. The number of carbonyl (C=O) groups is 2. The van der Waals surface area contributed by atoms with E-state index in [0.717, 1.165) is 31.6 Å². The molecule has 0 saturated heterocycles. The lowest BCUT2D eigenvalue weighted by atomic mass is 9.79. The Morgan fingerprint density at radius 2 is 1.96 bits per heavy atom. The number of carbonyl (C=O) groups excluding carboxylic acids is 2. The number of nitrogens with one attached hydrogen (secondary N) is 1. The third-order valence-electron chi connectivity index (χ3n) is 4.82. The Balaban J connectivity index is 1.91. The van der Waals surface area contributed by atoms with Gasteiger partial charge in [0.05, 0.1) is 12.8 Å². The van der Waals surface area contributed by atoms with E-state index in [1.807, 2.05) is 6.92 Å². The number of aromatic nitrogens is 1. The molecule has 24 heavy (non-hydrogen) atoms. The van der Waals surface area contributed by atoms with Crippen LogP contribution in [0, 0.1) is 11.8 Å². The summed E-state index contributed by atoms with van der Waals surface area (Å²) in [5.41, 5.74) is 0.686. The van der Waals surface area contributed by atoms with Crippen molar-refractivity contribution in [3.8, 4) is 0 Å². The number of rotatable bonds is 7. The van der Waals surface area contributed by atoms with Crippen LogP contribution in [-0.4, -0.2) is 24.0 Å². The Kier molecular flexibility index (Phi) is 7.21. The number of hydrogen-bond donors (Lipinski definition) is 1. The summed E-state index contributed by atoms with van der Waals surface area (Å²) in [7, 11) is 1.36. The average Bonchev–Trinajstić information content (AvgIpc) is 3.02. The number of nitrogens with zero attached hydrogens (tertiary/aromatic N) is 1. The predicted octanol–water partition coefficient (Wildman–Crippen LogP) is 4.43. The molecule has 6 heteroatoms. The van der Waals surface area contributed by atoms with Gasteiger partial charge in [0.25, 0.3) is 0 Å². The van der Waals surface area contributed by atoms with Crippen LogP contribution >= 0.6 is 11.3 Å². The number of ether oxygens (including phenoxy) is 1. The molecule has 5 nitrogen and oxygen atoms in total. The Bertz CT molecular complexity index is 563. The van der Waals surface area contributed by atoms with Gasteiger partial charge in [-0.15, -0.1) is 0 Å². The maximum absolute atomic E-state index is 12.5. The fraction of sp³-hybridized carbons (Fsp3) is 0.722. The summed E-state index contributed by atoms with van der Waals surface area (Å²) < 4.78 is 4.78. The van der Waals surface area contributed by atoms with Gasteiger partial charge in [-0.05, 0) is 38.0 Å². The van der Waals surface area contributed by atoms with Gasteiger partial charge in [-0.1, -0.05) is 44.4 Å². The first-order valence-electron chi connectivity index (χ1n) is 8.97. The summed E-state index contributed by atoms with van der Waals surface area (Å²) in [5, 5.41) is 3.41. The highest BCUT2D eigenvalue weighted by Gasteiger charge is 2.27. The van der Waals surface area contributed by atoms with Crippen LogP contribution in [-0.2, 0) is 16.0 Å². The number of esters is 1. The third kappa shape index (κ3) is 4.79. The molecule has 0 radical (unpaired) electrons. The molecular formula is C18H28N2O3S. The normalized spacial score (nSPS) is 20.6. The van der Waals surface area contributed by atoms with Crippen LogP contribution in [0.15, 0.2) is 0 Å². The lowest BCUT2D eigenvalue weighted by Crippen LogP contribution is -2.27. The Morgan fingerprint density at radius 1 is 1.25 bits per heavy atom. The molecule has 2 rings (SSSR count). The van der Waals surface area contributed by atoms with E-state index < -0.39 is 0 Å². The largest absolute Gasteiger partial charge is 0.465 e. The maximum Gasteiger partial charge on any atom is 0.350 e. The SMILES string of the molecule is CCCCC1CCC(C(=O)Nc2nc(CC)c(C(=O)OC)s2)CC1. The predicted molar refractivity (Wildman–Crippen MR) is 96.4 cm³/mol. The minimum Gasteiger partial charge on any atom is -0.465 e.